The number of halogens is 1. The number of amides is 1. The highest BCUT2D eigenvalue weighted by Crippen LogP contribution is 2.29. The molecule has 1 aliphatic heterocycles. The second kappa shape index (κ2) is 7.05. The fourth-order valence-corrected chi connectivity index (χ4v) is 3.14. The van der Waals surface area contributed by atoms with Gasteiger partial charge >= 0.3 is 5.97 Å². The maximum atomic E-state index is 12.5. The van der Waals surface area contributed by atoms with Gasteiger partial charge < -0.3 is 14.5 Å². The zero-order chi connectivity index (χ0) is 17.1. The molecule has 0 spiro atoms. The quantitative estimate of drug-likeness (QED) is 0.916. The van der Waals surface area contributed by atoms with Gasteiger partial charge in [-0.1, -0.05) is 28.9 Å². The molecule has 2 aromatic rings. The van der Waals surface area contributed by atoms with E-state index in [2.05, 4.69) is 5.16 Å². The number of carboxylic acid groups (broad SMARTS) is 1. The van der Waals surface area contributed by atoms with Crippen LogP contribution in [0.5, 0.6) is 0 Å². The third kappa shape index (κ3) is 3.59. The van der Waals surface area contributed by atoms with Crippen molar-refractivity contribution in [3.8, 4) is 11.3 Å². The van der Waals surface area contributed by atoms with Crippen molar-refractivity contribution in [1.29, 1.82) is 0 Å². The second-order valence-corrected chi connectivity index (χ2v) is 6.30. The van der Waals surface area contributed by atoms with Crippen LogP contribution >= 0.6 is 11.6 Å². The first-order valence-electron chi connectivity index (χ1n) is 7.77. The van der Waals surface area contributed by atoms with Gasteiger partial charge in [-0.2, -0.15) is 0 Å². The predicted octanol–water partition coefficient (Wildman–Crippen LogP) is 3.32. The lowest BCUT2D eigenvalue weighted by molar-refractivity contribution is -0.138. The molecule has 1 saturated heterocycles. The van der Waals surface area contributed by atoms with Gasteiger partial charge in [0.05, 0.1) is 5.02 Å². The molecule has 126 valence electrons. The number of aliphatic carboxylic acids is 1. The van der Waals surface area contributed by atoms with Gasteiger partial charge in [0.1, 0.15) is 0 Å². The lowest BCUT2D eigenvalue weighted by Gasteiger charge is -2.30. The number of carbonyl (C=O) groups excluding carboxylic acids is 1. The summed E-state index contributed by atoms with van der Waals surface area (Å²) in [6, 6.07) is 8.78. The second-order valence-electron chi connectivity index (χ2n) is 5.89. The molecule has 0 radical (unpaired) electrons. The molecule has 1 aromatic carbocycles. The summed E-state index contributed by atoms with van der Waals surface area (Å²) in [4.78, 5) is 25.0. The van der Waals surface area contributed by atoms with Crippen LogP contribution in [0.4, 0.5) is 0 Å². The van der Waals surface area contributed by atoms with Crippen LogP contribution in [0, 0.1) is 5.92 Å². The van der Waals surface area contributed by atoms with E-state index in [0.29, 0.717) is 42.3 Å². The fourth-order valence-electron chi connectivity index (χ4n) is 2.91. The molecule has 7 heteroatoms. The smallest absolute Gasteiger partial charge is 0.303 e. The van der Waals surface area contributed by atoms with E-state index in [4.69, 9.17) is 21.2 Å². The van der Waals surface area contributed by atoms with Crippen LogP contribution < -0.4 is 0 Å². The maximum absolute atomic E-state index is 12.5. The highest BCUT2D eigenvalue weighted by molar-refractivity contribution is 6.33. The summed E-state index contributed by atoms with van der Waals surface area (Å²) in [6.07, 6.45) is 1.53. The standard InChI is InChI=1S/C17H17ClN2O4/c18-13-4-2-1-3-12(13)15-10-14(19-24-15)17(23)20-7-5-11(6-8-20)9-16(21)22/h1-4,10-11H,5-9H2,(H,21,22). The molecule has 0 aliphatic carbocycles. The summed E-state index contributed by atoms with van der Waals surface area (Å²) in [5.74, 6) is -0.418. The number of nitrogens with zero attached hydrogens (tertiary/aromatic N) is 2. The maximum Gasteiger partial charge on any atom is 0.303 e. The Labute approximate surface area is 144 Å². The van der Waals surface area contributed by atoms with Crippen LogP contribution in [-0.2, 0) is 4.79 Å². The number of hydrogen-bond acceptors (Lipinski definition) is 4. The summed E-state index contributed by atoms with van der Waals surface area (Å²) in [7, 11) is 0. The van der Waals surface area contributed by atoms with Gasteiger partial charge in [0.15, 0.2) is 11.5 Å². The minimum atomic E-state index is -0.791. The summed E-state index contributed by atoms with van der Waals surface area (Å²) in [5.41, 5.74) is 0.924. The summed E-state index contributed by atoms with van der Waals surface area (Å²) < 4.78 is 5.26. The Balaban J connectivity index is 1.67. The molecule has 0 unspecified atom stereocenters. The van der Waals surface area contributed by atoms with Gasteiger partial charge in [-0.15, -0.1) is 0 Å². The SMILES string of the molecule is O=C(O)CC1CCN(C(=O)c2cc(-c3ccccc3Cl)on2)CC1. The van der Waals surface area contributed by atoms with E-state index in [-0.39, 0.29) is 23.9 Å². The first-order valence-corrected chi connectivity index (χ1v) is 8.15. The molecule has 1 aliphatic rings. The van der Waals surface area contributed by atoms with Gasteiger partial charge in [-0.25, -0.2) is 0 Å². The minimum Gasteiger partial charge on any atom is -0.481 e. The number of benzene rings is 1. The molecular formula is C17H17ClN2O4. The van der Waals surface area contributed by atoms with Crippen LogP contribution in [-0.4, -0.2) is 40.1 Å². The van der Waals surface area contributed by atoms with Crippen LogP contribution in [0.3, 0.4) is 0 Å². The first kappa shape index (κ1) is 16.5. The monoisotopic (exact) mass is 348 g/mol. The van der Waals surface area contributed by atoms with Crippen molar-refractivity contribution in [2.24, 2.45) is 5.92 Å². The number of carboxylic acids is 1. The molecular weight excluding hydrogens is 332 g/mol. The molecule has 1 N–H and O–H groups in total. The normalized spacial score (nSPS) is 15.5. The van der Waals surface area contributed by atoms with Crippen molar-refractivity contribution in [2.45, 2.75) is 19.3 Å². The van der Waals surface area contributed by atoms with Crippen LogP contribution in [0.2, 0.25) is 5.02 Å². The van der Waals surface area contributed by atoms with Gasteiger partial charge in [-0.05, 0) is 30.9 Å². The van der Waals surface area contributed by atoms with E-state index in [1.54, 1.807) is 23.1 Å². The number of hydrogen-bond donors (Lipinski definition) is 1. The zero-order valence-electron chi connectivity index (χ0n) is 12.9. The van der Waals surface area contributed by atoms with Crippen LogP contribution in [0.1, 0.15) is 29.8 Å². The molecule has 1 fully saturated rings. The molecule has 6 nitrogen and oxygen atoms in total. The topological polar surface area (TPSA) is 83.6 Å². The predicted molar refractivity (Wildman–Crippen MR) is 87.8 cm³/mol. The van der Waals surface area contributed by atoms with Gasteiger partial charge in [-0.3, -0.25) is 9.59 Å². The molecule has 1 aromatic heterocycles. The number of carbonyl (C=O) groups is 2. The van der Waals surface area contributed by atoms with Gasteiger partial charge in [0.25, 0.3) is 5.91 Å². The number of piperidine rings is 1. The highest BCUT2D eigenvalue weighted by atomic mass is 35.5. The van der Waals surface area contributed by atoms with Crippen molar-refractivity contribution in [2.75, 3.05) is 13.1 Å². The average Bonchev–Trinajstić information content (AvgIpc) is 3.04. The minimum absolute atomic E-state index is 0.127. The molecule has 1 amide bonds. The Hall–Kier alpha value is -2.34. The Bertz CT molecular complexity index is 751. The first-order chi connectivity index (χ1) is 11.5. The van der Waals surface area contributed by atoms with Gasteiger partial charge in [0, 0.05) is 31.1 Å². The van der Waals surface area contributed by atoms with Crippen molar-refractivity contribution in [1.82, 2.24) is 10.1 Å². The number of rotatable bonds is 4. The Morgan fingerprint density at radius 1 is 1.29 bits per heavy atom. The van der Waals surface area contributed by atoms with E-state index in [1.165, 1.54) is 0 Å². The van der Waals surface area contributed by atoms with Crippen LogP contribution in [0.15, 0.2) is 34.9 Å². The number of aromatic nitrogens is 1. The summed E-state index contributed by atoms with van der Waals surface area (Å²) in [5, 5.41) is 13.2. The summed E-state index contributed by atoms with van der Waals surface area (Å²) in [6.45, 7) is 1.07. The Kier molecular flexibility index (Phi) is 4.85. The molecule has 0 saturated carbocycles. The van der Waals surface area contributed by atoms with Gasteiger partial charge in [0.2, 0.25) is 0 Å². The highest BCUT2D eigenvalue weighted by Gasteiger charge is 2.27. The Morgan fingerprint density at radius 2 is 2.00 bits per heavy atom. The van der Waals surface area contributed by atoms with Crippen molar-refractivity contribution in [3.05, 3.63) is 41.0 Å². The van der Waals surface area contributed by atoms with E-state index in [9.17, 15) is 9.59 Å². The molecule has 3 rings (SSSR count). The molecule has 0 bridgehead atoms. The Morgan fingerprint density at radius 3 is 2.67 bits per heavy atom. The van der Waals surface area contributed by atoms with Crippen molar-refractivity contribution in [3.63, 3.8) is 0 Å². The average molecular weight is 349 g/mol. The third-order valence-electron chi connectivity index (χ3n) is 4.23. The third-order valence-corrected chi connectivity index (χ3v) is 4.56. The van der Waals surface area contributed by atoms with Crippen molar-refractivity contribution >= 4 is 23.5 Å². The van der Waals surface area contributed by atoms with E-state index >= 15 is 0 Å². The van der Waals surface area contributed by atoms with E-state index in [1.807, 2.05) is 12.1 Å². The largest absolute Gasteiger partial charge is 0.481 e. The molecule has 0 atom stereocenters. The van der Waals surface area contributed by atoms with E-state index < -0.39 is 5.97 Å². The lowest BCUT2D eigenvalue weighted by atomic mass is 9.93. The van der Waals surface area contributed by atoms with Crippen molar-refractivity contribution < 1.29 is 19.2 Å². The van der Waals surface area contributed by atoms with Crippen LogP contribution in [0.25, 0.3) is 11.3 Å². The number of likely N-dealkylation sites (tertiary alicyclic amines) is 1. The molecule has 2 heterocycles. The molecule has 24 heavy (non-hydrogen) atoms. The zero-order valence-corrected chi connectivity index (χ0v) is 13.7. The van der Waals surface area contributed by atoms with E-state index in [0.717, 1.165) is 0 Å². The lowest BCUT2D eigenvalue weighted by Crippen LogP contribution is -2.39. The summed E-state index contributed by atoms with van der Waals surface area (Å²) >= 11 is 6.12. The fraction of sp³-hybridized carbons (Fsp3) is 0.353.